The number of anilines is 1. The maximum Gasteiger partial charge on any atom is 0.410 e. The average Bonchev–Trinajstić information content (AvgIpc) is 3.41. The van der Waals surface area contributed by atoms with E-state index in [0.717, 1.165) is 15.8 Å². The third-order valence-electron chi connectivity index (χ3n) is 5.94. The van der Waals surface area contributed by atoms with Crippen molar-refractivity contribution in [3.05, 3.63) is 76.7 Å². The minimum atomic E-state index is -4.47. The van der Waals surface area contributed by atoms with Crippen molar-refractivity contribution < 1.29 is 17.9 Å². The van der Waals surface area contributed by atoms with Crippen LogP contribution in [0.1, 0.15) is 29.6 Å². The average molecular weight is 487 g/mol. The monoisotopic (exact) mass is 486 g/mol. The molecule has 4 aromatic rings. The van der Waals surface area contributed by atoms with Crippen molar-refractivity contribution in [1.82, 2.24) is 24.5 Å². The molecule has 176 valence electrons. The Morgan fingerprint density at radius 2 is 1.85 bits per heavy atom. The Labute approximate surface area is 198 Å². The molecule has 0 bridgehead atoms. The molecule has 3 heterocycles. The Morgan fingerprint density at radius 3 is 2.53 bits per heavy atom. The summed E-state index contributed by atoms with van der Waals surface area (Å²) in [6.07, 6.45) is -3.26. The van der Waals surface area contributed by atoms with E-state index in [1.165, 1.54) is 6.20 Å². The summed E-state index contributed by atoms with van der Waals surface area (Å²) in [5.74, 6) is 1.30. The fourth-order valence-electron chi connectivity index (χ4n) is 4.22. The van der Waals surface area contributed by atoms with Crippen molar-refractivity contribution in [1.29, 1.82) is 0 Å². The Kier molecular flexibility index (Phi) is 5.64. The number of aromatic nitrogens is 5. The van der Waals surface area contributed by atoms with E-state index in [1.807, 2.05) is 30.3 Å². The van der Waals surface area contributed by atoms with E-state index in [4.69, 9.17) is 17.0 Å². The largest absolute Gasteiger partial charge is 0.497 e. The molecule has 2 N–H and O–H groups in total. The normalized spacial score (nSPS) is 17.8. The molecule has 0 saturated heterocycles. The van der Waals surface area contributed by atoms with Gasteiger partial charge in [-0.05, 0) is 35.5 Å². The standard InChI is InChI=1S/C23H21F3N6OS/c1-33-16-9-7-15(8-10-16)18-11-19(23(24,25)26)32-20(28-18)17(12-27-32)21-29-30-22(34)31(21)13-14-5-3-2-4-6-14/h2-10,12,18-19,28H,11,13H2,1H3,(H,30,34)/t18-,19+/m1/s1. The van der Waals surface area contributed by atoms with Crippen LogP contribution in [0.15, 0.2) is 60.8 Å². The zero-order valence-corrected chi connectivity index (χ0v) is 18.9. The van der Waals surface area contributed by atoms with Gasteiger partial charge in [-0.3, -0.25) is 9.67 Å². The predicted molar refractivity (Wildman–Crippen MR) is 123 cm³/mol. The van der Waals surface area contributed by atoms with Crippen LogP contribution in [0.2, 0.25) is 0 Å². The fraction of sp³-hybridized carbons (Fsp3) is 0.261. The molecular formula is C23H21F3N6OS. The molecule has 34 heavy (non-hydrogen) atoms. The fourth-order valence-corrected chi connectivity index (χ4v) is 4.41. The van der Waals surface area contributed by atoms with Crippen molar-refractivity contribution in [2.75, 3.05) is 12.4 Å². The highest BCUT2D eigenvalue weighted by Crippen LogP contribution is 2.46. The Hall–Kier alpha value is -3.60. The van der Waals surface area contributed by atoms with E-state index in [9.17, 15) is 13.2 Å². The van der Waals surface area contributed by atoms with Gasteiger partial charge in [-0.1, -0.05) is 42.5 Å². The molecule has 1 aliphatic rings. The Morgan fingerprint density at radius 1 is 1.12 bits per heavy atom. The van der Waals surface area contributed by atoms with Crippen LogP contribution < -0.4 is 10.1 Å². The van der Waals surface area contributed by atoms with Crippen molar-refractivity contribution in [2.45, 2.75) is 31.2 Å². The van der Waals surface area contributed by atoms with Crippen molar-refractivity contribution >= 4 is 18.0 Å². The number of H-pyrrole nitrogens is 1. The number of nitrogens with one attached hydrogen (secondary N) is 2. The number of hydrogen-bond donors (Lipinski definition) is 2. The summed E-state index contributed by atoms with van der Waals surface area (Å²) in [4.78, 5) is 0. The lowest BCUT2D eigenvalue weighted by Crippen LogP contribution is -2.35. The topological polar surface area (TPSA) is 72.7 Å². The van der Waals surface area contributed by atoms with E-state index < -0.39 is 18.3 Å². The van der Waals surface area contributed by atoms with E-state index >= 15 is 0 Å². The second-order valence-corrected chi connectivity index (χ2v) is 8.43. The van der Waals surface area contributed by atoms with Gasteiger partial charge in [-0.15, -0.1) is 0 Å². The molecular weight excluding hydrogens is 465 g/mol. The highest BCUT2D eigenvalue weighted by molar-refractivity contribution is 7.71. The first-order chi connectivity index (χ1) is 16.3. The van der Waals surface area contributed by atoms with E-state index in [2.05, 4.69) is 20.6 Å². The number of alkyl halides is 3. The summed E-state index contributed by atoms with van der Waals surface area (Å²) in [6, 6.07) is 14.3. The Bertz CT molecular complexity index is 1340. The second-order valence-electron chi connectivity index (χ2n) is 8.04. The summed E-state index contributed by atoms with van der Waals surface area (Å²) >= 11 is 5.41. The number of nitrogens with zero attached hydrogens (tertiary/aromatic N) is 4. The van der Waals surface area contributed by atoms with Crippen LogP contribution >= 0.6 is 12.2 Å². The molecule has 0 saturated carbocycles. The summed E-state index contributed by atoms with van der Waals surface area (Å²) in [5.41, 5.74) is 2.15. The number of ether oxygens (including phenoxy) is 1. The van der Waals surface area contributed by atoms with Crippen LogP contribution in [0.3, 0.4) is 0 Å². The molecule has 0 unspecified atom stereocenters. The van der Waals surface area contributed by atoms with Crippen LogP contribution in [0, 0.1) is 4.77 Å². The molecule has 2 aromatic heterocycles. The molecule has 7 nitrogen and oxygen atoms in total. The van der Waals surface area contributed by atoms with Crippen LogP contribution in [0.5, 0.6) is 5.75 Å². The van der Waals surface area contributed by atoms with Crippen LogP contribution in [0.25, 0.3) is 11.4 Å². The third-order valence-corrected chi connectivity index (χ3v) is 6.25. The number of rotatable bonds is 5. The first-order valence-corrected chi connectivity index (χ1v) is 11.0. The van der Waals surface area contributed by atoms with Gasteiger partial charge in [0, 0.05) is 6.42 Å². The minimum absolute atomic E-state index is 0.194. The first-order valence-electron chi connectivity index (χ1n) is 10.6. The molecule has 2 atom stereocenters. The lowest BCUT2D eigenvalue weighted by atomic mass is 9.96. The van der Waals surface area contributed by atoms with Gasteiger partial charge in [0.2, 0.25) is 0 Å². The summed E-state index contributed by atoms with van der Waals surface area (Å²) in [5, 5.41) is 14.5. The van der Waals surface area contributed by atoms with Gasteiger partial charge in [0.05, 0.1) is 31.5 Å². The number of aromatic amines is 1. The van der Waals surface area contributed by atoms with Crippen LogP contribution in [-0.4, -0.2) is 37.8 Å². The molecule has 1 aliphatic heterocycles. The zero-order valence-electron chi connectivity index (χ0n) is 18.1. The van der Waals surface area contributed by atoms with Gasteiger partial charge in [0.25, 0.3) is 0 Å². The summed E-state index contributed by atoms with van der Waals surface area (Å²) in [7, 11) is 1.54. The van der Waals surface area contributed by atoms with E-state index in [1.54, 1.807) is 35.9 Å². The molecule has 0 aliphatic carbocycles. The molecule has 0 radical (unpaired) electrons. The third kappa shape index (κ3) is 4.07. The SMILES string of the molecule is COc1ccc([C@H]2C[C@@H](C(F)(F)F)n3ncc(-c4n[nH]c(=S)n4Cc4ccccc4)c3N2)cc1. The van der Waals surface area contributed by atoms with Gasteiger partial charge >= 0.3 is 6.18 Å². The van der Waals surface area contributed by atoms with Crippen molar-refractivity contribution in [3.8, 4) is 17.1 Å². The maximum atomic E-state index is 14.1. The number of hydrogen-bond acceptors (Lipinski definition) is 5. The summed E-state index contributed by atoms with van der Waals surface area (Å²) in [6.45, 7) is 0.417. The van der Waals surface area contributed by atoms with Crippen molar-refractivity contribution in [3.63, 3.8) is 0 Å². The van der Waals surface area contributed by atoms with E-state index in [-0.39, 0.29) is 12.2 Å². The van der Waals surface area contributed by atoms with Gasteiger partial charge < -0.3 is 10.1 Å². The van der Waals surface area contributed by atoms with Gasteiger partial charge in [0.1, 0.15) is 11.6 Å². The number of benzene rings is 2. The molecule has 0 fully saturated rings. The smallest absolute Gasteiger partial charge is 0.410 e. The maximum absolute atomic E-state index is 14.1. The van der Waals surface area contributed by atoms with Gasteiger partial charge in [0.15, 0.2) is 16.6 Å². The van der Waals surface area contributed by atoms with Gasteiger partial charge in [-0.25, -0.2) is 4.68 Å². The first kappa shape index (κ1) is 22.2. The molecule has 2 aromatic carbocycles. The predicted octanol–water partition coefficient (Wildman–Crippen LogP) is 5.52. The number of fused-ring (bicyclic) bond motifs is 1. The molecule has 5 rings (SSSR count). The van der Waals surface area contributed by atoms with E-state index in [0.29, 0.717) is 28.5 Å². The lowest BCUT2D eigenvalue weighted by molar-refractivity contribution is -0.173. The van der Waals surface area contributed by atoms with Crippen LogP contribution in [0.4, 0.5) is 19.0 Å². The molecule has 0 spiro atoms. The highest BCUT2D eigenvalue weighted by Gasteiger charge is 2.47. The number of methoxy groups -OCH3 is 1. The second kappa shape index (κ2) is 8.64. The summed E-state index contributed by atoms with van der Waals surface area (Å²) < 4.78 is 50.5. The highest BCUT2D eigenvalue weighted by atomic mass is 32.1. The Balaban J connectivity index is 1.57. The quantitative estimate of drug-likeness (QED) is 0.364. The number of halogens is 3. The van der Waals surface area contributed by atoms with Crippen molar-refractivity contribution in [2.24, 2.45) is 0 Å². The molecule has 0 amide bonds. The molecule has 11 heteroatoms. The van der Waals surface area contributed by atoms with Crippen LogP contribution in [-0.2, 0) is 6.54 Å². The van der Waals surface area contributed by atoms with Gasteiger partial charge in [-0.2, -0.15) is 23.4 Å². The zero-order chi connectivity index (χ0) is 23.9. The lowest BCUT2D eigenvalue weighted by Gasteiger charge is -2.34. The minimum Gasteiger partial charge on any atom is -0.497 e.